The molecule has 2 saturated heterocycles. The molecule has 0 radical (unpaired) electrons. The van der Waals surface area contributed by atoms with Gasteiger partial charge in [-0.1, -0.05) is 6.92 Å². The first kappa shape index (κ1) is 14.1. The summed E-state index contributed by atoms with van der Waals surface area (Å²) in [6.45, 7) is 10.1. The lowest BCUT2D eigenvalue weighted by Gasteiger charge is -2.37. The molecule has 112 valence electrons. The highest BCUT2D eigenvalue weighted by atomic mass is 16.3. The van der Waals surface area contributed by atoms with E-state index in [1.54, 1.807) is 0 Å². The van der Waals surface area contributed by atoms with E-state index in [1.807, 2.05) is 6.26 Å². The van der Waals surface area contributed by atoms with Crippen LogP contribution in [0, 0.1) is 0 Å². The van der Waals surface area contributed by atoms with E-state index in [2.05, 4.69) is 28.1 Å². The van der Waals surface area contributed by atoms with E-state index in [9.17, 15) is 0 Å². The van der Waals surface area contributed by atoms with E-state index in [1.165, 1.54) is 51.0 Å². The van der Waals surface area contributed by atoms with Crippen LogP contribution in [0.25, 0.3) is 0 Å². The Morgan fingerprint density at radius 2 is 2.30 bits per heavy atom. The number of hydrogen-bond donors (Lipinski definition) is 1. The lowest BCUT2D eigenvalue weighted by molar-refractivity contribution is 0.0938. The topological polar surface area (TPSA) is 31.7 Å². The molecule has 0 bridgehead atoms. The number of nitrogens with one attached hydrogen (secondary N) is 1. The van der Waals surface area contributed by atoms with Crippen molar-refractivity contribution in [3.8, 4) is 0 Å². The van der Waals surface area contributed by atoms with Crippen LogP contribution in [0.15, 0.2) is 16.7 Å². The van der Waals surface area contributed by atoms with Gasteiger partial charge in [-0.15, -0.1) is 0 Å². The summed E-state index contributed by atoms with van der Waals surface area (Å²) < 4.78 is 5.71. The van der Waals surface area contributed by atoms with Gasteiger partial charge in [-0.3, -0.25) is 9.80 Å². The fourth-order valence-corrected chi connectivity index (χ4v) is 3.47. The predicted octanol–water partition coefficient (Wildman–Crippen LogP) is 2.06. The Morgan fingerprint density at radius 3 is 3.20 bits per heavy atom. The zero-order valence-corrected chi connectivity index (χ0v) is 12.6. The summed E-state index contributed by atoms with van der Waals surface area (Å²) in [5, 5.41) is 3.47. The first-order valence-electron chi connectivity index (χ1n) is 8.09. The van der Waals surface area contributed by atoms with E-state index in [4.69, 9.17) is 4.42 Å². The highest BCUT2D eigenvalue weighted by molar-refractivity contribution is 5.17. The summed E-state index contributed by atoms with van der Waals surface area (Å²) in [4.78, 5) is 5.22. The molecule has 20 heavy (non-hydrogen) atoms. The van der Waals surface area contributed by atoms with E-state index in [0.717, 1.165) is 31.4 Å². The smallest absolute Gasteiger partial charge is 0.122 e. The first-order valence-corrected chi connectivity index (χ1v) is 8.09. The largest absolute Gasteiger partial charge is 0.468 e. The molecule has 1 aromatic rings. The molecule has 3 rings (SSSR count). The van der Waals surface area contributed by atoms with E-state index in [-0.39, 0.29) is 0 Å². The van der Waals surface area contributed by atoms with Crippen LogP contribution in [0.3, 0.4) is 0 Å². The minimum Gasteiger partial charge on any atom is -0.468 e. The van der Waals surface area contributed by atoms with Crippen LogP contribution < -0.4 is 5.32 Å². The van der Waals surface area contributed by atoms with Crippen LogP contribution in [-0.4, -0.2) is 48.6 Å². The van der Waals surface area contributed by atoms with Crippen molar-refractivity contribution in [2.45, 2.75) is 45.3 Å². The van der Waals surface area contributed by atoms with Gasteiger partial charge in [0.25, 0.3) is 0 Å². The monoisotopic (exact) mass is 277 g/mol. The SMILES string of the molecule is CCCNCc1ccoc1CN1CCN2CCCC2C1. The Balaban J connectivity index is 1.53. The maximum absolute atomic E-state index is 5.71. The zero-order valence-electron chi connectivity index (χ0n) is 12.6. The molecule has 1 N–H and O–H groups in total. The van der Waals surface area contributed by atoms with Crippen molar-refractivity contribution >= 4 is 0 Å². The summed E-state index contributed by atoms with van der Waals surface area (Å²) in [5.41, 5.74) is 1.33. The Hall–Kier alpha value is -0.840. The molecule has 2 aliphatic rings. The molecule has 4 nitrogen and oxygen atoms in total. The Bertz CT molecular complexity index is 418. The fraction of sp³-hybridized carbons (Fsp3) is 0.750. The van der Waals surface area contributed by atoms with Crippen molar-refractivity contribution in [3.05, 3.63) is 23.7 Å². The summed E-state index contributed by atoms with van der Waals surface area (Å²) >= 11 is 0. The maximum atomic E-state index is 5.71. The zero-order chi connectivity index (χ0) is 13.8. The van der Waals surface area contributed by atoms with Crippen LogP contribution in [0.1, 0.15) is 37.5 Å². The van der Waals surface area contributed by atoms with Crippen molar-refractivity contribution in [1.82, 2.24) is 15.1 Å². The standard InChI is InChI=1S/C16H27N3O/c1-2-6-17-11-14-5-10-20-16(14)13-18-8-9-19-7-3-4-15(19)12-18/h5,10,15,17H,2-4,6-9,11-13H2,1H3. The van der Waals surface area contributed by atoms with Gasteiger partial charge >= 0.3 is 0 Å². The van der Waals surface area contributed by atoms with Gasteiger partial charge in [-0.25, -0.2) is 0 Å². The number of fused-ring (bicyclic) bond motifs is 1. The summed E-state index contributed by atoms with van der Waals surface area (Å²) in [6.07, 6.45) is 5.77. The van der Waals surface area contributed by atoms with Gasteiger partial charge in [0, 0.05) is 37.8 Å². The van der Waals surface area contributed by atoms with Crippen LogP contribution in [0.2, 0.25) is 0 Å². The normalized spacial score (nSPS) is 24.1. The fourth-order valence-electron chi connectivity index (χ4n) is 3.47. The molecule has 0 aromatic carbocycles. The molecule has 1 aromatic heterocycles. The Labute approximate surface area is 122 Å². The van der Waals surface area contributed by atoms with Crippen molar-refractivity contribution in [3.63, 3.8) is 0 Å². The highest BCUT2D eigenvalue weighted by Crippen LogP contribution is 2.23. The number of rotatable bonds is 6. The van der Waals surface area contributed by atoms with Crippen LogP contribution >= 0.6 is 0 Å². The van der Waals surface area contributed by atoms with E-state index >= 15 is 0 Å². The van der Waals surface area contributed by atoms with E-state index < -0.39 is 0 Å². The van der Waals surface area contributed by atoms with Crippen LogP contribution in [0.5, 0.6) is 0 Å². The second-order valence-electron chi connectivity index (χ2n) is 6.11. The Morgan fingerprint density at radius 1 is 1.35 bits per heavy atom. The van der Waals surface area contributed by atoms with Crippen molar-refractivity contribution < 1.29 is 4.42 Å². The van der Waals surface area contributed by atoms with Gasteiger partial charge in [0.15, 0.2) is 0 Å². The number of hydrogen-bond acceptors (Lipinski definition) is 4. The molecule has 0 aliphatic carbocycles. The second-order valence-corrected chi connectivity index (χ2v) is 6.11. The van der Waals surface area contributed by atoms with E-state index in [0.29, 0.717) is 0 Å². The minimum absolute atomic E-state index is 0.792. The number of piperazine rings is 1. The van der Waals surface area contributed by atoms with Crippen LogP contribution in [0.4, 0.5) is 0 Å². The third kappa shape index (κ3) is 3.25. The molecule has 0 spiro atoms. The summed E-state index contributed by atoms with van der Waals surface area (Å²) in [7, 11) is 0. The molecule has 0 saturated carbocycles. The molecule has 0 amide bonds. The average Bonchev–Trinajstić information content (AvgIpc) is 3.08. The van der Waals surface area contributed by atoms with Gasteiger partial charge in [0.2, 0.25) is 0 Å². The van der Waals surface area contributed by atoms with Crippen molar-refractivity contribution in [2.24, 2.45) is 0 Å². The van der Waals surface area contributed by atoms with Gasteiger partial charge in [0.1, 0.15) is 5.76 Å². The van der Waals surface area contributed by atoms with Crippen molar-refractivity contribution in [1.29, 1.82) is 0 Å². The molecule has 1 atom stereocenters. The molecular weight excluding hydrogens is 250 g/mol. The molecule has 4 heteroatoms. The number of nitrogens with zero attached hydrogens (tertiary/aromatic N) is 2. The molecule has 1 unspecified atom stereocenters. The summed E-state index contributed by atoms with van der Waals surface area (Å²) in [6, 6.07) is 2.91. The number of furan rings is 1. The van der Waals surface area contributed by atoms with Gasteiger partial charge < -0.3 is 9.73 Å². The minimum atomic E-state index is 0.792. The molecule has 2 fully saturated rings. The lowest BCUT2D eigenvalue weighted by atomic mass is 10.1. The predicted molar refractivity (Wildman–Crippen MR) is 80.6 cm³/mol. The lowest BCUT2D eigenvalue weighted by Crippen LogP contribution is -2.49. The first-order chi connectivity index (χ1) is 9.86. The van der Waals surface area contributed by atoms with Crippen LogP contribution in [-0.2, 0) is 13.1 Å². The molecule has 3 heterocycles. The third-order valence-electron chi connectivity index (χ3n) is 4.62. The maximum Gasteiger partial charge on any atom is 0.122 e. The quantitative estimate of drug-likeness (QED) is 0.807. The van der Waals surface area contributed by atoms with Gasteiger partial charge in [-0.2, -0.15) is 0 Å². The Kier molecular flexibility index (Phi) is 4.76. The third-order valence-corrected chi connectivity index (χ3v) is 4.62. The second kappa shape index (κ2) is 6.74. The summed E-state index contributed by atoms with van der Waals surface area (Å²) in [5.74, 6) is 1.15. The average molecular weight is 277 g/mol. The molecule has 2 aliphatic heterocycles. The highest BCUT2D eigenvalue weighted by Gasteiger charge is 2.30. The van der Waals surface area contributed by atoms with Gasteiger partial charge in [-0.05, 0) is 38.4 Å². The molecular formula is C16H27N3O. The van der Waals surface area contributed by atoms with Gasteiger partial charge in [0.05, 0.1) is 12.8 Å². The van der Waals surface area contributed by atoms with Crippen molar-refractivity contribution in [2.75, 3.05) is 32.7 Å².